The zero-order valence-corrected chi connectivity index (χ0v) is 20.3. The number of aryl methyl sites for hydroxylation is 2. The molecule has 1 saturated carbocycles. The molecule has 3 aromatic rings. The number of nitrogens with one attached hydrogen (secondary N) is 1. The van der Waals surface area contributed by atoms with Crippen LogP contribution in [0.25, 0.3) is 11.1 Å². The molecule has 0 bridgehead atoms. The van der Waals surface area contributed by atoms with Crippen LogP contribution in [0.2, 0.25) is 0 Å². The number of pyridine rings is 1. The summed E-state index contributed by atoms with van der Waals surface area (Å²) in [4.78, 5) is 32.2. The minimum absolute atomic E-state index is 0.108. The van der Waals surface area contributed by atoms with Crippen molar-refractivity contribution in [2.24, 2.45) is 18.4 Å². The second kappa shape index (κ2) is 9.19. The molecule has 1 atom stereocenters. The van der Waals surface area contributed by atoms with Crippen molar-refractivity contribution >= 4 is 17.5 Å². The first-order valence-corrected chi connectivity index (χ1v) is 12.0. The van der Waals surface area contributed by atoms with E-state index in [1.807, 2.05) is 0 Å². The molecule has 1 aliphatic carbocycles. The Morgan fingerprint density at radius 1 is 1.25 bits per heavy atom. The van der Waals surface area contributed by atoms with E-state index in [9.17, 15) is 19.2 Å². The number of hydrogen-bond donors (Lipinski definition) is 1. The van der Waals surface area contributed by atoms with Crippen LogP contribution in [0.4, 0.5) is 10.1 Å². The van der Waals surface area contributed by atoms with Crippen molar-refractivity contribution in [1.29, 1.82) is 5.26 Å². The third kappa shape index (κ3) is 4.71. The summed E-state index contributed by atoms with van der Waals surface area (Å²) in [6.07, 6.45) is 6.68. The molecule has 1 N–H and O–H groups in total. The predicted molar refractivity (Wildman–Crippen MR) is 131 cm³/mol. The van der Waals surface area contributed by atoms with Gasteiger partial charge in [-0.05, 0) is 67.1 Å². The van der Waals surface area contributed by atoms with E-state index in [1.165, 1.54) is 12.1 Å². The first kappa shape index (κ1) is 23.7. The largest absolute Gasteiger partial charge is 0.347 e. The highest BCUT2D eigenvalue weighted by Gasteiger charge is 2.50. The van der Waals surface area contributed by atoms with Crippen molar-refractivity contribution in [2.75, 3.05) is 11.4 Å². The summed E-state index contributed by atoms with van der Waals surface area (Å²) in [7, 11) is 1.79. The van der Waals surface area contributed by atoms with Gasteiger partial charge in [0.1, 0.15) is 16.9 Å². The fourth-order valence-electron chi connectivity index (χ4n) is 4.85. The van der Waals surface area contributed by atoms with Crippen molar-refractivity contribution < 1.29 is 14.0 Å². The van der Waals surface area contributed by atoms with E-state index in [4.69, 9.17) is 0 Å². The molecule has 1 aromatic carbocycles. The van der Waals surface area contributed by atoms with Crippen molar-refractivity contribution in [1.82, 2.24) is 20.1 Å². The van der Waals surface area contributed by atoms with Gasteiger partial charge >= 0.3 is 0 Å². The number of nitrogens with zero attached hydrogens (tertiary/aromatic N) is 5. The van der Waals surface area contributed by atoms with Gasteiger partial charge in [-0.2, -0.15) is 10.4 Å². The number of hydrogen-bond acceptors (Lipinski definition) is 5. The lowest BCUT2D eigenvalue weighted by Gasteiger charge is -2.21. The summed E-state index contributed by atoms with van der Waals surface area (Å²) in [5.41, 5.74) is 2.39. The van der Waals surface area contributed by atoms with Crippen LogP contribution in [0.15, 0.2) is 42.7 Å². The molecule has 2 aliphatic rings. The summed E-state index contributed by atoms with van der Waals surface area (Å²) in [6, 6.07) is 10.2. The Kier molecular flexibility index (Phi) is 6.04. The Morgan fingerprint density at radius 2 is 2.06 bits per heavy atom. The third-order valence-corrected chi connectivity index (χ3v) is 6.90. The lowest BCUT2D eigenvalue weighted by Crippen LogP contribution is -2.34. The number of carbonyl (C=O) groups is 2. The van der Waals surface area contributed by atoms with Crippen molar-refractivity contribution in [3.05, 3.63) is 65.5 Å². The van der Waals surface area contributed by atoms with E-state index >= 15 is 0 Å². The maximum absolute atomic E-state index is 14.2. The van der Waals surface area contributed by atoms with Crippen molar-refractivity contribution in [3.63, 3.8) is 0 Å². The van der Waals surface area contributed by atoms with Gasteiger partial charge in [0.15, 0.2) is 0 Å². The SMILES string of the molecule is Cc1cc(N2CCC(C#N)(CC3CC3)C2=O)cc(C(=O)NCc2cc(F)cc(-c3cnn(C)c3)c2)n1. The molecular weight excluding hydrogens is 459 g/mol. The zero-order chi connectivity index (χ0) is 25.4. The lowest BCUT2D eigenvalue weighted by molar-refractivity contribution is -0.123. The smallest absolute Gasteiger partial charge is 0.270 e. The van der Waals surface area contributed by atoms with Gasteiger partial charge in [0.25, 0.3) is 5.91 Å². The molecule has 0 spiro atoms. The Balaban J connectivity index is 1.31. The minimum atomic E-state index is -0.982. The Bertz CT molecular complexity index is 1390. The van der Waals surface area contributed by atoms with Gasteiger partial charge in [-0.25, -0.2) is 9.37 Å². The van der Waals surface area contributed by atoms with Crippen LogP contribution in [-0.2, 0) is 18.4 Å². The molecule has 36 heavy (non-hydrogen) atoms. The van der Waals surface area contributed by atoms with E-state index in [2.05, 4.69) is 21.5 Å². The zero-order valence-electron chi connectivity index (χ0n) is 20.3. The molecule has 2 amide bonds. The normalized spacial score (nSPS) is 19.4. The van der Waals surface area contributed by atoms with Crippen LogP contribution in [-0.4, -0.2) is 33.1 Å². The van der Waals surface area contributed by atoms with E-state index < -0.39 is 17.1 Å². The van der Waals surface area contributed by atoms with Crippen molar-refractivity contribution in [3.8, 4) is 17.2 Å². The van der Waals surface area contributed by atoms with Crippen molar-refractivity contribution in [2.45, 2.75) is 39.2 Å². The number of benzene rings is 1. The molecule has 1 aliphatic heterocycles. The molecular formula is C27H27FN6O2. The van der Waals surface area contributed by atoms with Gasteiger partial charge in [-0.3, -0.25) is 14.3 Å². The summed E-state index contributed by atoms with van der Waals surface area (Å²) in [6.45, 7) is 2.30. The summed E-state index contributed by atoms with van der Waals surface area (Å²) in [5, 5.41) is 16.7. The second-order valence-electron chi connectivity index (χ2n) is 9.83. The fraction of sp³-hybridized carbons (Fsp3) is 0.370. The van der Waals surface area contributed by atoms with Gasteiger partial charge in [-0.1, -0.05) is 12.8 Å². The molecule has 5 rings (SSSR count). The van der Waals surface area contributed by atoms with E-state index in [0.717, 1.165) is 18.4 Å². The van der Waals surface area contributed by atoms with Gasteiger partial charge in [-0.15, -0.1) is 0 Å². The monoisotopic (exact) mass is 486 g/mol. The van der Waals surface area contributed by atoms with E-state index in [-0.39, 0.29) is 18.1 Å². The third-order valence-electron chi connectivity index (χ3n) is 6.90. The number of nitriles is 1. The van der Waals surface area contributed by atoms with Crippen LogP contribution >= 0.6 is 0 Å². The Labute approximate surface area is 208 Å². The van der Waals surface area contributed by atoms with Crippen LogP contribution in [0.5, 0.6) is 0 Å². The first-order chi connectivity index (χ1) is 17.3. The van der Waals surface area contributed by atoms with Crippen LogP contribution in [0.3, 0.4) is 0 Å². The van der Waals surface area contributed by atoms with Gasteiger partial charge in [0.05, 0.1) is 12.3 Å². The molecule has 3 heterocycles. The molecule has 9 heteroatoms. The summed E-state index contributed by atoms with van der Waals surface area (Å²) in [5.74, 6) is -0.577. The quantitative estimate of drug-likeness (QED) is 0.545. The lowest BCUT2D eigenvalue weighted by atomic mass is 9.82. The number of amides is 2. The minimum Gasteiger partial charge on any atom is -0.347 e. The molecule has 1 unspecified atom stereocenters. The molecule has 2 aromatic heterocycles. The molecule has 1 saturated heterocycles. The van der Waals surface area contributed by atoms with Gasteiger partial charge in [0, 0.05) is 43.3 Å². The highest BCUT2D eigenvalue weighted by molar-refractivity contribution is 6.02. The second-order valence-corrected chi connectivity index (χ2v) is 9.83. The predicted octanol–water partition coefficient (Wildman–Crippen LogP) is 3.91. The Morgan fingerprint density at radius 3 is 2.75 bits per heavy atom. The van der Waals surface area contributed by atoms with Crippen LogP contribution < -0.4 is 10.2 Å². The molecule has 184 valence electrons. The molecule has 0 radical (unpaired) electrons. The van der Waals surface area contributed by atoms with Crippen LogP contribution in [0, 0.1) is 35.4 Å². The standard InChI is InChI=1S/C27H27FN6O2/c1-17-7-23(34-6-5-27(16-29,26(34)36)12-18-3-4-18)11-24(32-17)25(35)30-13-19-8-20(10-22(28)9-19)21-14-31-33(2)15-21/h7-11,14-15,18H,3-6,12-13H2,1-2H3,(H,30,35). The maximum Gasteiger partial charge on any atom is 0.270 e. The summed E-state index contributed by atoms with van der Waals surface area (Å²) >= 11 is 0. The average molecular weight is 487 g/mol. The highest BCUT2D eigenvalue weighted by atomic mass is 19.1. The maximum atomic E-state index is 14.2. The van der Waals surface area contributed by atoms with Crippen LogP contribution in [0.1, 0.15) is 47.4 Å². The van der Waals surface area contributed by atoms with E-state index in [0.29, 0.717) is 47.8 Å². The number of halogens is 1. The summed E-state index contributed by atoms with van der Waals surface area (Å²) < 4.78 is 15.9. The van der Waals surface area contributed by atoms with E-state index in [1.54, 1.807) is 54.1 Å². The van der Waals surface area contributed by atoms with Gasteiger partial charge < -0.3 is 10.2 Å². The topological polar surface area (TPSA) is 104 Å². The van der Waals surface area contributed by atoms with Gasteiger partial charge in [0.2, 0.25) is 5.91 Å². The number of aromatic nitrogens is 3. The molecule has 8 nitrogen and oxygen atoms in total. The number of anilines is 1. The number of carbonyl (C=O) groups excluding carboxylic acids is 2. The first-order valence-electron chi connectivity index (χ1n) is 12.0. The molecule has 2 fully saturated rings. The highest BCUT2D eigenvalue weighted by Crippen LogP contribution is 2.46. The number of rotatable bonds is 7. The Hall–Kier alpha value is -4.06. The average Bonchev–Trinajstić information content (AvgIpc) is 3.46. The fourth-order valence-corrected chi connectivity index (χ4v) is 4.85.